The maximum atomic E-state index is 11.7. The summed E-state index contributed by atoms with van der Waals surface area (Å²) in [6.07, 6.45) is 0.732. The van der Waals surface area contributed by atoms with E-state index in [4.69, 9.17) is 11.6 Å². The van der Waals surface area contributed by atoms with Gasteiger partial charge in [-0.1, -0.05) is 0 Å². The molecule has 4 heteroatoms. The summed E-state index contributed by atoms with van der Waals surface area (Å²) >= 11 is 1.92. The van der Waals surface area contributed by atoms with Crippen molar-refractivity contribution in [1.82, 2.24) is 0 Å². The van der Waals surface area contributed by atoms with Crippen molar-refractivity contribution in [3.8, 4) is 0 Å². The van der Waals surface area contributed by atoms with Gasteiger partial charge in [0.2, 0.25) is 0 Å². The van der Waals surface area contributed by atoms with Crippen LogP contribution in [0.3, 0.4) is 0 Å². The number of halogens is 1. The van der Waals surface area contributed by atoms with E-state index < -0.39 is 13.8 Å². The molecule has 1 aromatic rings. The van der Waals surface area contributed by atoms with Gasteiger partial charge < -0.3 is 0 Å². The zero-order chi connectivity index (χ0) is 9.90. The molecule has 0 fully saturated rings. The molecule has 1 unspecified atom stereocenters. The number of hydrogen-bond acceptors (Lipinski definition) is 1. The first-order valence-electron chi connectivity index (χ1n) is 4.14. The molecule has 1 rings (SSSR count). The van der Waals surface area contributed by atoms with Gasteiger partial charge in [-0.05, 0) is 0 Å². The van der Waals surface area contributed by atoms with Gasteiger partial charge in [-0.2, -0.15) is 0 Å². The Kier molecular flexibility index (Phi) is 3.66. The van der Waals surface area contributed by atoms with E-state index in [9.17, 15) is 7.84 Å². The Hall–Kier alpha value is -0.172. The van der Waals surface area contributed by atoms with Crippen LogP contribution in [0, 0.1) is 0 Å². The van der Waals surface area contributed by atoms with Crippen molar-refractivity contribution >= 4 is 29.8 Å². The first kappa shape index (κ1) is 10.9. The first-order valence-corrected chi connectivity index (χ1v) is 8.39. The van der Waals surface area contributed by atoms with Crippen molar-refractivity contribution in [3.05, 3.63) is 29.3 Å². The second-order valence-electron chi connectivity index (χ2n) is 2.90. The number of benzene rings is 1. The van der Waals surface area contributed by atoms with E-state index >= 15 is 0 Å². The first-order chi connectivity index (χ1) is 6.06. The average Bonchev–Trinajstić information content (AvgIpc) is 2.05. The predicted octanol–water partition coefficient (Wildman–Crippen LogP) is 1.82. The molecule has 1 N–H and O–H groups in total. The van der Waals surface area contributed by atoms with Gasteiger partial charge in [-0.25, -0.2) is 0 Å². The molecule has 1 atom stereocenters. The van der Waals surface area contributed by atoms with Gasteiger partial charge in [0.05, 0.1) is 0 Å². The zero-order valence-corrected chi connectivity index (χ0v) is 10.0. The third kappa shape index (κ3) is 2.91. The van der Waals surface area contributed by atoms with Crippen LogP contribution in [-0.2, 0) is 3.74 Å². The summed E-state index contributed by atoms with van der Waals surface area (Å²) in [5, 5.41) is 0.982. The molecular formula is C9H12AsClO2. The van der Waals surface area contributed by atoms with Gasteiger partial charge in [0, 0.05) is 0 Å². The molecule has 0 saturated carbocycles. The molecular weight excluding hydrogens is 250 g/mol. The molecule has 0 heterocycles. The molecule has 0 spiro atoms. The second kappa shape index (κ2) is 4.36. The van der Waals surface area contributed by atoms with E-state index in [1.54, 1.807) is 24.3 Å². The molecule has 0 amide bonds. The SMILES string of the molecule is CCC[As](=O)(O)c1ccc(Cl)cc1. The van der Waals surface area contributed by atoms with Crippen LogP contribution in [0.5, 0.6) is 0 Å². The predicted molar refractivity (Wildman–Crippen MR) is 54.8 cm³/mol. The van der Waals surface area contributed by atoms with E-state index in [1.807, 2.05) is 6.92 Å². The molecule has 1 aromatic carbocycles. The summed E-state index contributed by atoms with van der Waals surface area (Å²) in [5.74, 6) is 0. The molecule has 0 aliphatic carbocycles. The Bertz CT molecular complexity index is 321. The monoisotopic (exact) mass is 262 g/mol. The molecule has 0 aliphatic heterocycles. The Labute approximate surface area is 85.6 Å². The third-order valence-corrected chi connectivity index (χ3v) is 6.54. The quantitative estimate of drug-likeness (QED) is 0.844. The van der Waals surface area contributed by atoms with Crippen LogP contribution in [0.25, 0.3) is 0 Å². The van der Waals surface area contributed by atoms with Crippen LogP contribution < -0.4 is 4.35 Å². The molecule has 13 heavy (non-hydrogen) atoms. The van der Waals surface area contributed by atoms with Crippen molar-refractivity contribution in [1.29, 1.82) is 0 Å². The van der Waals surface area contributed by atoms with E-state index in [0.29, 0.717) is 14.6 Å². The summed E-state index contributed by atoms with van der Waals surface area (Å²) in [4.78, 5) is 0. The fraction of sp³-hybridized carbons (Fsp3) is 0.333. The molecule has 0 bridgehead atoms. The zero-order valence-electron chi connectivity index (χ0n) is 7.40. The van der Waals surface area contributed by atoms with Crippen molar-refractivity contribution in [3.63, 3.8) is 0 Å². The van der Waals surface area contributed by atoms with E-state index in [0.717, 1.165) is 6.42 Å². The second-order valence-corrected chi connectivity index (χ2v) is 8.30. The molecule has 2 nitrogen and oxygen atoms in total. The maximum absolute atomic E-state index is 11.7. The normalized spacial score (nSPS) is 15.3. The van der Waals surface area contributed by atoms with Crippen LogP contribution in [-0.4, -0.2) is 17.9 Å². The van der Waals surface area contributed by atoms with Crippen LogP contribution in [0.4, 0.5) is 0 Å². The number of hydrogen-bond donors (Lipinski definition) is 1. The molecule has 0 aliphatic rings. The van der Waals surface area contributed by atoms with Crippen molar-refractivity contribution in [2.45, 2.75) is 18.6 Å². The van der Waals surface area contributed by atoms with Crippen molar-refractivity contribution in [2.24, 2.45) is 0 Å². The Morgan fingerprint density at radius 3 is 2.38 bits per heavy atom. The Balaban J connectivity index is 2.94. The van der Waals surface area contributed by atoms with E-state index in [1.165, 1.54) is 0 Å². The average molecular weight is 263 g/mol. The standard InChI is InChI=1S/C9H12AsClO2/c1-2-7-10(12,13)8-3-5-9(11)6-4-8/h3-6H,2,7H2,1H3,(H,12,13). The van der Waals surface area contributed by atoms with Crippen molar-refractivity contribution < 1.29 is 7.84 Å². The molecule has 0 aromatic heterocycles. The van der Waals surface area contributed by atoms with Gasteiger partial charge in [0.25, 0.3) is 0 Å². The minimum atomic E-state index is -3.75. The van der Waals surface area contributed by atoms with Gasteiger partial charge >= 0.3 is 85.5 Å². The van der Waals surface area contributed by atoms with Crippen LogP contribution in [0.15, 0.2) is 24.3 Å². The van der Waals surface area contributed by atoms with Crippen molar-refractivity contribution in [2.75, 3.05) is 0 Å². The van der Waals surface area contributed by atoms with Gasteiger partial charge in [0.1, 0.15) is 0 Å². The molecule has 0 radical (unpaired) electrons. The summed E-state index contributed by atoms with van der Waals surface area (Å²) in [7, 11) is 0. The van der Waals surface area contributed by atoms with Gasteiger partial charge in [0.15, 0.2) is 0 Å². The van der Waals surface area contributed by atoms with Crippen LogP contribution >= 0.6 is 11.6 Å². The Morgan fingerprint density at radius 2 is 1.92 bits per heavy atom. The Morgan fingerprint density at radius 1 is 1.38 bits per heavy atom. The fourth-order valence-corrected chi connectivity index (χ4v) is 4.34. The summed E-state index contributed by atoms with van der Waals surface area (Å²) in [6.45, 7) is 1.90. The molecule has 0 saturated heterocycles. The van der Waals surface area contributed by atoms with Crippen LogP contribution in [0.2, 0.25) is 10.2 Å². The third-order valence-electron chi connectivity index (χ3n) is 1.76. The van der Waals surface area contributed by atoms with E-state index in [2.05, 4.69) is 0 Å². The number of rotatable bonds is 3. The van der Waals surface area contributed by atoms with Crippen LogP contribution in [0.1, 0.15) is 13.3 Å². The summed E-state index contributed by atoms with van der Waals surface area (Å²) in [5.41, 5.74) is 0. The van der Waals surface area contributed by atoms with E-state index in [-0.39, 0.29) is 0 Å². The summed E-state index contributed by atoms with van der Waals surface area (Å²) in [6, 6.07) is 6.57. The fourth-order valence-electron chi connectivity index (χ4n) is 1.11. The summed E-state index contributed by atoms with van der Waals surface area (Å²) < 4.78 is 21.9. The minimum absolute atomic E-state index is 0.389. The van der Waals surface area contributed by atoms with Gasteiger partial charge in [-0.15, -0.1) is 0 Å². The topological polar surface area (TPSA) is 37.3 Å². The molecule has 72 valence electrons. The van der Waals surface area contributed by atoms with Gasteiger partial charge in [-0.3, -0.25) is 0 Å².